The van der Waals surface area contributed by atoms with Gasteiger partial charge in [-0.2, -0.15) is 0 Å². The Hall–Kier alpha value is -1.09. The molecule has 2 rings (SSSR count). The van der Waals surface area contributed by atoms with Gasteiger partial charge in [-0.05, 0) is 41.8 Å². The van der Waals surface area contributed by atoms with Crippen molar-refractivity contribution < 1.29 is 0 Å². The summed E-state index contributed by atoms with van der Waals surface area (Å²) in [5, 5.41) is 2.51. The van der Waals surface area contributed by atoms with Gasteiger partial charge in [0.2, 0.25) is 0 Å². The molecule has 0 aliphatic heterocycles. The van der Waals surface area contributed by atoms with E-state index in [0.29, 0.717) is 6.54 Å². The van der Waals surface area contributed by atoms with E-state index in [1.807, 2.05) is 0 Å². The van der Waals surface area contributed by atoms with Crippen LogP contribution in [0.15, 0.2) is 42.5 Å². The Morgan fingerprint density at radius 2 is 1.71 bits per heavy atom. The van der Waals surface area contributed by atoms with Crippen LogP contribution in [0.1, 0.15) is 24.4 Å². The molecule has 2 aromatic carbocycles. The molecule has 17 heavy (non-hydrogen) atoms. The highest BCUT2D eigenvalue weighted by Gasteiger charge is 2.05. The minimum Gasteiger partial charge on any atom is -0.330 e. The smallest absolute Gasteiger partial charge is 0.0295 e. The summed E-state index contributed by atoms with van der Waals surface area (Å²) in [6.45, 7) is 0.710. The molecular formula is C14H19ClN2. The summed E-state index contributed by atoms with van der Waals surface area (Å²) < 4.78 is 0. The van der Waals surface area contributed by atoms with Crippen molar-refractivity contribution in [2.75, 3.05) is 6.54 Å². The van der Waals surface area contributed by atoms with E-state index in [4.69, 9.17) is 11.5 Å². The SMILES string of the molecule is Cl.NCCC[C@@H](N)c1ccc2ccccc2c1. The Labute approximate surface area is 108 Å². The summed E-state index contributed by atoms with van der Waals surface area (Å²) in [5.74, 6) is 0. The molecule has 3 heteroatoms. The monoisotopic (exact) mass is 250 g/mol. The average molecular weight is 251 g/mol. The molecule has 2 nitrogen and oxygen atoms in total. The summed E-state index contributed by atoms with van der Waals surface area (Å²) >= 11 is 0. The van der Waals surface area contributed by atoms with Gasteiger partial charge in [-0.1, -0.05) is 36.4 Å². The maximum atomic E-state index is 6.12. The summed E-state index contributed by atoms with van der Waals surface area (Å²) in [6, 6.07) is 14.9. The lowest BCUT2D eigenvalue weighted by molar-refractivity contribution is 0.618. The van der Waals surface area contributed by atoms with Crippen LogP contribution in [0.5, 0.6) is 0 Å². The van der Waals surface area contributed by atoms with Crippen molar-refractivity contribution in [1.82, 2.24) is 0 Å². The van der Waals surface area contributed by atoms with Gasteiger partial charge in [-0.3, -0.25) is 0 Å². The third-order valence-corrected chi connectivity index (χ3v) is 2.92. The first-order valence-electron chi connectivity index (χ1n) is 5.75. The fourth-order valence-electron chi connectivity index (χ4n) is 1.94. The molecule has 0 aliphatic carbocycles. The molecule has 0 spiro atoms. The second-order valence-electron chi connectivity index (χ2n) is 4.14. The second-order valence-corrected chi connectivity index (χ2v) is 4.14. The predicted octanol–water partition coefficient (Wildman–Crippen LogP) is 3.00. The molecule has 0 saturated heterocycles. The zero-order valence-electron chi connectivity index (χ0n) is 9.80. The van der Waals surface area contributed by atoms with Crippen LogP contribution in [-0.2, 0) is 0 Å². The number of halogens is 1. The molecule has 92 valence electrons. The van der Waals surface area contributed by atoms with Crippen LogP contribution in [0.2, 0.25) is 0 Å². The number of nitrogens with two attached hydrogens (primary N) is 2. The van der Waals surface area contributed by atoms with E-state index in [9.17, 15) is 0 Å². The molecule has 0 saturated carbocycles. The van der Waals surface area contributed by atoms with E-state index >= 15 is 0 Å². The van der Waals surface area contributed by atoms with Gasteiger partial charge in [0, 0.05) is 6.04 Å². The molecule has 1 atom stereocenters. The number of rotatable bonds is 4. The fraction of sp³-hybridized carbons (Fsp3) is 0.286. The Kier molecular flexibility index (Phi) is 5.42. The zero-order chi connectivity index (χ0) is 11.4. The molecule has 0 radical (unpaired) electrons. The summed E-state index contributed by atoms with van der Waals surface area (Å²) in [4.78, 5) is 0. The van der Waals surface area contributed by atoms with E-state index < -0.39 is 0 Å². The van der Waals surface area contributed by atoms with Gasteiger partial charge in [0.25, 0.3) is 0 Å². The minimum absolute atomic E-state index is 0. The summed E-state index contributed by atoms with van der Waals surface area (Å²) in [6.07, 6.45) is 1.93. The molecule has 0 aliphatic rings. The fourth-order valence-corrected chi connectivity index (χ4v) is 1.94. The molecule has 2 aromatic rings. The van der Waals surface area contributed by atoms with Crippen LogP contribution in [0.25, 0.3) is 10.8 Å². The molecule has 0 fully saturated rings. The van der Waals surface area contributed by atoms with Gasteiger partial charge in [0.05, 0.1) is 0 Å². The zero-order valence-corrected chi connectivity index (χ0v) is 10.6. The average Bonchev–Trinajstić information content (AvgIpc) is 2.35. The number of benzene rings is 2. The van der Waals surface area contributed by atoms with Crippen molar-refractivity contribution in [1.29, 1.82) is 0 Å². The van der Waals surface area contributed by atoms with E-state index in [1.54, 1.807) is 0 Å². The number of hydrogen-bond acceptors (Lipinski definition) is 2. The molecular weight excluding hydrogens is 232 g/mol. The van der Waals surface area contributed by atoms with E-state index in [-0.39, 0.29) is 18.4 Å². The van der Waals surface area contributed by atoms with Crippen LogP contribution in [-0.4, -0.2) is 6.54 Å². The van der Waals surface area contributed by atoms with Crippen molar-refractivity contribution in [2.24, 2.45) is 11.5 Å². The minimum atomic E-state index is 0. The molecule has 0 bridgehead atoms. The van der Waals surface area contributed by atoms with Crippen LogP contribution < -0.4 is 11.5 Å². The second kappa shape index (κ2) is 6.60. The van der Waals surface area contributed by atoms with Crippen LogP contribution in [0.3, 0.4) is 0 Å². The molecule has 4 N–H and O–H groups in total. The quantitative estimate of drug-likeness (QED) is 0.877. The Bertz CT molecular complexity index is 470. The largest absolute Gasteiger partial charge is 0.330 e. The highest BCUT2D eigenvalue weighted by molar-refractivity contribution is 5.85. The summed E-state index contributed by atoms with van der Waals surface area (Å²) in [5.41, 5.74) is 12.8. The van der Waals surface area contributed by atoms with Crippen molar-refractivity contribution >= 4 is 23.2 Å². The van der Waals surface area contributed by atoms with Crippen LogP contribution in [0, 0.1) is 0 Å². The van der Waals surface area contributed by atoms with E-state index in [2.05, 4.69) is 42.5 Å². The lowest BCUT2D eigenvalue weighted by Gasteiger charge is -2.12. The number of hydrogen-bond donors (Lipinski definition) is 2. The van der Waals surface area contributed by atoms with Crippen molar-refractivity contribution in [3.8, 4) is 0 Å². The molecule has 0 aromatic heterocycles. The van der Waals surface area contributed by atoms with Gasteiger partial charge < -0.3 is 11.5 Å². The highest BCUT2D eigenvalue weighted by atomic mass is 35.5. The standard InChI is InChI=1S/C14H18N2.ClH/c15-9-3-6-14(16)13-8-7-11-4-1-2-5-12(11)10-13;/h1-2,4-5,7-8,10,14H,3,6,9,15-16H2;1H/t14-;/m1./s1. The van der Waals surface area contributed by atoms with Crippen molar-refractivity contribution in [3.63, 3.8) is 0 Å². The highest BCUT2D eigenvalue weighted by Crippen LogP contribution is 2.21. The van der Waals surface area contributed by atoms with Gasteiger partial charge in [0.1, 0.15) is 0 Å². The number of fused-ring (bicyclic) bond motifs is 1. The van der Waals surface area contributed by atoms with Crippen LogP contribution >= 0.6 is 12.4 Å². The Morgan fingerprint density at radius 1 is 1.00 bits per heavy atom. The summed E-state index contributed by atoms with van der Waals surface area (Å²) in [7, 11) is 0. The van der Waals surface area contributed by atoms with E-state index in [0.717, 1.165) is 12.8 Å². The first-order chi connectivity index (χ1) is 7.81. The molecule has 0 unspecified atom stereocenters. The Morgan fingerprint density at radius 3 is 2.41 bits per heavy atom. The molecule has 0 amide bonds. The van der Waals surface area contributed by atoms with Crippen LogP contribution in [0.4, 0.5) is 0 Å². The predicted molar refractivity (Wildman–Crippen MR) is 76.4 cm³/mol. The topological polar surface area (TPSA) is 52.0 Å². The van der Waals surface area contributed by atoms with Gasteiger partial charge >= 0.3 is 0 Å². The first kappa shape index (κ1) is 14.0. The van der Waals surface area contributed by atoms with E-state index in [1.165, 1.54) is 16.3 Å². The van der Waals surface area contributed by atoms with Gasteiger partial charge in [-0.25, -0.2) is 0 Å². The van der Waals surface area contributed by atoms with Gasteiger partial charge in [0.15, 0.2) is 0 Å². The lowest BCUT2D eigenvalue weighted by atomic mass is 9.99. The first-order valence-corrected chi connectivity index (χ1v) is 5.75. The van der Waals surface area contributed by atoms with Crippen molar-refractivity contribution in [3.05, 3.63) is 48.0 Å². The van der Waals surface area contributed by atoms with Crippen molar-refractivity contribution in [2.45, 2.75) is 18.9 Å². The third kappa shape index (κ3) is 3.43. The molecule has 0 heterocycles. The lowest BCUT2D eigenvalue weighted by Crippen LogP contribution is -2.12. The van der Waals surface area contributed by atoms with Gasteiger partial charge in [-0.15, -0.1) is 12.4 Å². The Balaban J connectivity index is 0.00000144. The maximum absolute atomic E-state index is 6.12. The normalized spacial score (nSPS) is 12.1. The third-order valence-electron chi connectivity index (χ3n) is 2.92. The maximum Gasteiger partial charge on any atom is 0.0295 e.